The van der Waals surface area contributed by atoms with Gasteiger partial charge in [0.1, 0.15) is 10.6 Å². The molecule has 0 spiro atoms. The molecule has 1 amide bonds. The lowest BCUT2D eigenvalue weighted by Crippen LogP contribution is -2.34. The minimum atomic E-state index is -0.212. The molecule has 7 heteroatoms. The average molecular weight is 383 g/mol. The summed E-state index contributed by atoms with van der Waals surface area (Å²) < 4.78 is 6.34. The fraction of sp³-hybridized carbons (Fsp3) is 0.235. The Hall–Kier alpha value is -1.53. The zero-order chi connectivity index (χ0) is 17.3. The van der Waals surface area contributed by atoms with Gasteiger partial charge in [0, 0.05) is 16.6 Å². The van der Waals surface area contributed by atoms with Crippen LogP contribution in [0.15, 0.2) is 41.0 Å². The predicted octanol–water partition coefficient (Wildman–Crippen LogP) is 4.83. The molecular formula is C17H16Cl2N2O2S. The second kappa shape index (κ2) is 7.15. The van der Waals surface area contributed by atoms with Crippen LogP contribution in [0.2, 0.25) is 10.0 Å². The number of hydrogen-bond donors (Lipinski definition) is 1. The lowest BCUT2D eigenvalue weighted by Gasteiger charge is -2.22. The molecule has 24 heavy (non-hydrogen) atoms. The molecule has 2 aromatic heterocycles. The number of nitrogens with zero attached hydrogens (tertiary/aromatic N) is 1. The van der Waals surface area contributed by atoms with Crippen LogP contribution in [0.5, 0.6) is 0 Å². The van der Waals surface area contributed by atoms with E-state index in [0.717, 1.165) is 15.8 Å². The van der Waals surface area contributed by atoms with Gasteiger partial charge < -0.3 is 9.73 Å². The Morgan fingerprint density at radius 2 is 2.08 bits per heavy atom. The molecule has 3 rings (SSSR count). The molecule has 0 radical (unpaired) electrons. The minimum Gasteiger partial charge on any atom is -0.468 e. The van der Waals surface area contributed by atoms with Crippen molar-refractivity contribution in [2.24, 2.45) is 0 Å². The third-order valence-corrected chi connectivity index (χ3v) is 5.72. The number of carbonyl (C=O) groups excluding carboxylic acids is 1. The zero-order valence-corrected chi connectivity index (χ0v) is 15.5. The van der Waals surface area contributed by atoms with Gasteiger partial charge in [-0.25, -0.2) is 0 Å². The van der Waals surface area contributed by atoms with Gasteiger partial charge in [0.05, 0.1) is 22.4 Å². The Balaban J connectivity index is 1.80. The number of hydrogen-bond acceptors (Lipinski definition) is 4. The maximum absolute atomic E-state index is 12.6. The Labute approximate surface area is 154 Å². The van der Waals surface area contributed by atoms with E-state index in [-0.39, 0.29) is 11.9 Å². The average Bonchev–Trinajstić information content (AvgIpc) is 3.16. The van der Waals surface area contributed by atoms with Gasteiger partial charge in [0.2, 0.25) is 0 Å². The van der Waals surface area contributed by atoms with E-state index in [1.807, 2.05) is 43.3 Å². The van der Waals surface area contributed by atoms with Gasteiger partial charge in [-0.3, -0.25) is 9.69 Å². The summed E-state index contributed by atoms with van der Waals surface area (Å²) >= 11 is 13.9. The number of likely N-dealkylation sites (N-methyl/N-ethyl adjacent to an activating group) is 1. The summed E-state index contributed by atoms with van der Waals surface area (Å²) in [6.45, 7) is 0.414. The first kappa shape index (κ1) is 17.3. The summed E-state index contributed by atoms with van der Waals surface area (Å²) in [5, 5.41) is 4.61. The maximum atomic E-state index is 12.6. The first-order chi connectivity index (χ1) is 11.5. The SMILES string of the molecule is CN(C)C(CNC(=O)c1sc2cccc(Cl)c2c1Cl)c1ccco1. The number of thiophene rings is 1. The Bertz CT molecular complexity index is 859. The Morgan fingerprint density at radius 3 is 2.71 bits per heavy atom. The van der Waals surface area contributed by atoms with Crippen molar-refractivity contribution >= 4 is 50.5 Å². The summed E-state index contributed by atoms with van der Waals surface area (Å²) in [6, 6.07) is 9.18. The topological polar surface area (TPSA) is 45.5 Å². The van der Waals surface area contributed by atoms with Crippen molar-refractivity contribution in [3.8, 4) is 0 Å². The summed E-state index contributed by atoms with van der Waals surface area (Å²) in [6.07, 6.45) is 1.62. The second-order valence-electron chi connectivity index (χ2n) is 5.56. The van der Waals surface area contributed by atoms with Crippen LogP contribution < -0.4 is 5.32 Å². The van der Waals surface area contributed by atoms with Crippen molar-refractivity contribution < 1.29 is 9.21 Å². The van der Waals surface area contributed by atoms with Gasteiger partial charge in [-0.05, 0) is 38.4 Å². The van der Waals surface area contributed by atoms with Crippen molar-refractivity contribution in [1.82, 2.24) is 10.2 Å². The maximum Gasteiger partial charge on any atom is 0.263 e. The molecule has 0 fully saturated rings. The summed E-state index contributed by atoms with van der Waals surface area (Å²) in [7, 11) is 3.87. The van der Waals surface area contributed by atoms with Gasteiger partial charge in [-0.1, -0.05) is 29.3 Å². The van der Waals surface area contributed by atoms with E-state index in [0.29, 0.717) is 21.5 Å². The molecule has 1 N–H and O–H groups in total. The number of furan rings is 1. The molecule has 3 aromatic rings. The minimum absolute atomic E-state index is 0.0549. The molecule has 1 atom stereocenters. The summed E-state index contributed by atoms with van der Waals surface area (Å²) in [5.74, 6) is 0.585. The highest BCUT2D eigenvalue weighted by Gasteiger charge is 2.22. The molecule has 0 aliphatic rings. The third-order valence-electron chi connectivity index (χ3n) is 3.76. The van der Waals surface area contributed by atoms with E-state index in [1.165, 1.54) is 11.3 Å². The first-order valence-corrected chi connectivity index (χ1v) is 8.91. The fourth-order valence-corrected chi connectivity index (χ4v) is 4.38. The van der Waals surface area contributed by atoms with Crippen LogP contribution in [-0.2, 0) is 0 Å². The van der Waals surface area contributed by atoms with Crippen LogP contribution in [0.4, 0.5) is 0 Å². The molecule has 1 unspecified atom stereocenters. The largest absolute Gasteiger partial charge is 0.468 e. The van der Waals surface area contributed by atoms with Gasteiger partial charge >= 0.3 is 0 Å². The van der Waals surface area contributed by atoms with E-state index in [4.69, 9.17) is 27.6 Å². The molecule has 0 aliphatic carbocycles. The summed E-state index contributed by atoms with van der Waals surface area (Å²) in [4.78, 5) is 15.0. The third kappa shape index (κ3) is 3.30. The lowest BCUT2D eigenvalue weighted by atomic mass is 10.2. The van der Waals surface area contributed by atoms with Crippen LogP contribution in [0.3, 0.4) is 0 Å². The van der Waals surface area contributed by atoms with Gasteiger partial charge in [0.15, 0.2) is 0 Å². The standard InChI is InChI=1S/C17H16Cl2N2O2S/c1-21(2)11(12-6-4-8-23-12)9-20-17(22)16-15(19)14-10(18)5-3-7-13(14)24-16/h3-8,11H,9H2,1-2H3,(H,20,22). The predicted molar refractivity (Wildman–Crippen MR) is 99.3 cm³/mol. The number of rotatable bonds is 5. The highest BCUT2D eigenvalue weighted by Crippen LogP contribution is 2.39. The number of carbonyl (C=O) groups is 1. The second-order valence-corrected chi connectivity index (χ2v) is 7.40. The first-order valence-electron chi connectivity index (χ1n) is 7.33. The van der Waals surface area contributed by atoms with Crippen LogP contribution in [0, 0.1) is 0 Å². The Morgan fingerprint density at radius 1 is 1.29 bits per heavy atom. The van der Waals surface area contributed by atoms with E-state index in [2.05, 4.69) is 5.32 Å². The molecule has 4 nitrogen and oxygen atoms in total. The normalized spacial score (nSPS) is 12.7. The van der Waals surface area contributed by atoms with Crippen LogP contribution in [0.1, 0.15) is 21.5 Å². The number of halogens is 2. The van der Waals surface area contributed by atoms with E-state index in [9.17, 15) is 4.79 Å². The van der Waals surface area contributed by atoms with E-state index in [1.54, 1.807) is 12.3 Å². The number of nitrogens with one attached hydrogen (secondary N) is 1. The molecule has 0 saturated heterocycles. The number of fused-ring (bicyclic) bond motifs is 1. The molecule has 0 saturated carbocycles. The highest BCUT2D eigenvalue weighted by molar-refractivity contribution is 7.21. The Kier molecular flexibility index (Phi) is 5.15. The van der Waals surface area contributed by atoms with Gasteiger partial charge in [0.25, 0.3) is 5.91 Å². The van der Waals surface area contributed by atoms with Gasteiger partial charge in [-0.2, -0.15) is 0 Å². The van der Waals surface area contributed by atoms with Crippen molar-refractivity contribution in [2.45, 2.75) is 6.04 Å². The zero-order valence-electron chi connectivity index (χ0n) is 13.2. The molecule has 1 aromatic carbocycles. The van der Waals surface area contributed by atoms with Gasteiger partial charge in [-0.15, -0.1) is 11.3 Å². The van der Waals surface area contributed by atoms with E-state index >= 15 is 0 Å². The van der Waals surface area contributed by atoms with Crippen LogP contribution in [0.25, 0.3) is 10.1 Å². The summed E-state index contributed by atoms with van der Waals surface area (Å²) in [5.41, 5.74) is 0. The van der Waals surface area contributed by atoms with Crippen LogP contribution in [-0.4, -0.2) is 31.4 Å². The van der Waals surface area contributed by atoms with E-state index < -0.39 is 0 Å². The highest BCUT2D eigenvalue weighted by atomic mass is 35.5. The molecule has 2 heterocycles. The number of benzene rings is 1. The van der Waals surface area contributed by atoms with Crippen molar-refractivity contribution in [2.75, 3.05) is 20.6 Å². The quantitative estimate of drug-likeness (QED) is 0.686. The van der Waals surface area contributed by atoms with Crippen molar-refractivity contribution in [3.63, 3.8) is 0 Å². The molecular weight excluding hydrogens is 367 g/mol. The van der Waals surface area contributed by atoms with Crippen LogP contribution >= 0.6 is 34.5 Å². The lowest BCUT2D eigenvalue weighted by molar-refractivity contribution is 0.0943. The van der Waals surface area contributed by atoms with Crippen molar-refractivity contribution in [1.29, 1.82) is 0 Å². The molecule has 0 aliphatic heterocycles. The molecule has 126 valence electrons. The fourth-order valence-electron chi connectivity index (χ4n) is 2.50. The number of amides is 1. The smallest absolute Gasteiger partial charge is 0.263 e. The molecule has 0 bridgehead atoms. The monoisotopic (exact) mass is 382 g/mol. The van der Waals surface area contributed by atoms with Crippen molar-refractivity contribution in [3.05, 3.63) is 57.3 Å².